The minimum absolute atomic E-state index is 0.0275. The molecule has 0 spiro atoms. The highest BCUT2D eigenvalue weighted by molar-refractivity contribution is 6.30. The predicted octanol–water partition coefficient (Wildman–Crippen LogP) is 2.24. The standard InChI is InChI=1S/C15H18ClN5O/c1-9(2)14(22)20-5-3-10(4-6-20)11-7-12(16)21-13(8-11)18-19-15(21)17/h3,7-9H,4-6H2,1-2H3,(H2,17,19). The Bertz CT molecular complexity index is 765. The molecule has 0 saturated carbocycles. The lowest BCUT2D eigenvalue weighted by atomic mass is 9.99. The van der Waals surface area contributed by atoms with E-state index in [9.17, 15) is 4.79 Å². The Hall–Kier alpha value is -2.08. The minimum atomic E-state index is 0.0275. The molecule has 0 aliphatic carbocycles. The number of rotatable bonds is 2. The molecular weight excluding hydrogens is 302 g/mol. The molecular formula is C15H18ClN5O. The second-order valence-electron chi connectivity index (χ2n) is 5.74. The summed E-state index contributed by atoms with van der Waals surface area (Å²) in [4.78, 5) is 13.9. The number of anilines is 1. The van der Waals surface area contributed by atoms with Gasteiger partial charge in [0, 0.05) is 19.0 Å². The van der Waals surface area contributed by atoms with Gasteiger partial charge in [-0.3, -0.25) is 9.20 Å². The number of amides is 1. The van der Waals surface area contributed by atoms with Gasteiger partial charge < -0.3 is 10.6 Å². The van der Waals surface area contributed by atoms with Crippen LogP contribution in [0.25, 0.3) is 11.2 Å². The summed E-state index contributed by atoms with van der Waals surface area (Å²) in [6.45, 7) is 5.19. The molecule has 3 heterocycles. The summed E-state index contributed by atoms with van der Waals surface area (Å²) in [5.74, 6) is 0.492. The maximum atomic E-state index is 12.0. The molecule has 22 heavy (non-hydrogen) atoms. The first-order chi connectivity index (χ1) is 10.5. The molecule has 0 unspecified atom stereocenters. The van der Waals surface area contributed by atoms with Crippen LogP contribution in [0.4, 0.5) is 5.95 Å². The average Bonchev–Trinajstić information content (AvgIpc) is 2.88. The molecule has 116 valence electrons. The molecule has 6 nitrogen and oxygen atoms in total. The van der Waals surface area contributed by atoms with Crippen molar-refractivity contribution in [3.8, 4) is 0 Å². The highest BCUT2D eigenvalue weighted by Gasteiger charge is 2.20. The summed E-state index contributed by atoms with van der Waals surface area (Å²) in [6, 6.07) is 3.78. The average molecular weight is 320 g/mol. The van der Waals surface area contributed by atoms with Gasteiger partial charge in [0.05, 0.1) is 0 Å². The number of nitrogen functional groups attached to an aromatic ring is 1. The summed E-state index contributed by atoms with van der Waals surface area (Å²) in [7, 11) is 0. The number of carbonyl (C=O) groups is 1. The molecule has 0 bridgehead atoms. The number of halogens is 1. The Balaban J connectivity index is 1.88. The minimum Gasteiger partial charge on any atom is -0.368 e. The van der Waals surface area contributed by atoms with Crippen LogP contribution in [0.2, 0.25) is 5.15 Å². The van der Waals surface area contributed by atoms with E-state index in [1.807, 2.05) is 30.9 Å². The van der Waals surface area contributed by atoms with Gasteiger partial charge in [-0.15, -0.1) is 10.2 Å². The Morgan fingerprint density at radius 1 is 1.36 bits per heavy atom. The van der Waals surface area contributed by atoms with Crippen LogP contribution < -0.4 is 5.73 Å². The van der Waals surface area contributed by atoms with Crippen molar-refractivity contribution in [2.75, 3.05) is 18.8 Å². The third-order valence-corrected chi connectivity index (χ3v) is 4.15. The third-order valence-electron chi connectivity index (χ3n) is 3.87. The van der Waals surface area contributed by atoms with Crippen molar-refractivity contribution < 1.29 is 4.79 Å². The van der Waals surface area contributed by atoms with Gasteiger partial charge in [0.25, 0.3) is 0 Å². The van der Waals surface area contributed by atoms with Crippen LogP contribution >= 0.6 is 11.6 Å². The monoisotopic (exact) mass is 319 g/mol. The number of fused-ring (bicyclic) bond motifs is 1. The molecule has 2 aromatic heterocycles. The molecule has 3 rings (SSSR count). The van der Waals surface area contributed by atoms with Crippen molar-refractivity contribution in [2.45, 2.75) is 20.3 Å². The van der Waals surface area contributed by atoms with Gasteiger partial charge in [0.15, 0.2) is 5.65 Å². The lowest BCUT2D eigenvalue weighted by Crippen LogP contribution is -2.37. The SMILES string of the molecule is CC(C)C(=O)N1CC=C(c2cc(Cl)n3c(N)nnc3c2)CC1. The first kappa shape index (κ1) is 14.8. The molecule has 1 aliphatic heterocycles. The second-order valence-corrected chi connectivity index (χ2v) is 6.12. The van der Waals surface area contributed by atoms with Gasteiger partial charge in [-0.25, -0.2) is 0 Å². The van der Waals surface area contributed by atoms with Crippen molar-refractivity contribution >= 4 is 34.7 Å². The van der Waals surface area contributed by atoms with Crippen LogP contribution in [0.5, 0.6) is 0 Å². The zero-order valence-electron chi connectivity index (χ0n) is 12.6. The molecule has 0 atom stereocenters. The number of hydrogen-bond donors (Lipinski definition) is 1. The van der Waals surface area contributed by atoms with Gasteiger partial charge in [-0.05, 0) is 29.7 Å². The van der Waals surface area contributed by atoms with Crippen molar-refractivity contribution in [2.24, 2.45) is 5.92 Å². The van der Waals surface area contributed by atoms with Crippen LogP contribution in [0.1, 0.15) is 25.8 Å². The summed E-state index contributed by atoms with van der Waals surface area (Å²) in [5.41, 5.74) is 8.52. The van der Waals surface area contributed by atoms with Gasteiger partial charge in [-0.1, -0.05) is 31.5 Å². The first-order valence-electron chi connectivity index (χ1n) is 7.25. The molecule has 0 fully saturated rings. The van der Waals surface area contributed by atoms with Crippen molar-refractivity contribution in [3.05, 3.63) is 28.9 Å². The van der Waals surface area contributed by atoms with Crippen LogP contribution in [-0.2, 0) is 4.79 Å². The fourth-order valence-electron chi connectivity index (χ4n) is 2.68. The third kappa shape index (κ3) is 2.54. The van der Waals surface area contributed by atoms with E-state index in [1.165, 1.54) is 5.57 Å². The first-order valence-corrected chi connectivity index (χ1v) is 7.63. The van der Waals surface area contributed by atoms with Gasteiger partial charge in [0.1, 0.15) is 5.15 Å². The van der Waals surface area contributed by atoms with Gasteiger partial charge in [-0.2, -0.15) is 0 Å². The Morgan fingerprint density at radius 3 is 2.77 bits per heavy atom. The van der Waals surface area contributed by atoms with E-state index in [-0.39, 0.29) is 17.8 Å². The van der Waals surface area contributed by atoms with E-state index in [2.05, 4.69) is 16.3 Å². The number of nitrogens with two attached hydrogens (primary N) is 1. The zero-order valence-corrected chi connectivity index (χ0v) is 13.3. The summed E-state index contributed by atoms with van der Waals surface area (Å²) in [6.07, 6.45) is 2.88. The Morgan fingerprint density at radius 2 is 2.14 bits per heavy atom. The number of pyridine rings is 1. The normalized spacial score (nSPS) is 15.5. The van der Waals surface area contributed by atoms with Crippen LogP contribution in [0, 0.1) is 5.92 Å². The molecule has 2 N–H and O–H groups in total. The lowest BCUT2D eigenvalue weighted by molar-refractivity contribution is -0.134. The van der Waals surface area contributed by atoms with Crippen molar-refractivity contribution in [1.82, 2.24) is 19.5 Å². The Labute approximate surface area is 133 Å². The van der Waals surface area contributed by atoms with Crippen molar-refractivity contribution in [3.63, 3.8) is 0 Å². The largest absolute Gasteiger partial charge is 0.368 e. The quantitative estimate of drug-likeness (QED) is 0.861. The molecule has 0 saturated heterocycles. The smallest absolute Gasteiger partial charge is 0.227 e. The molecule has 1 amide bonds. The number of hydrogen-bond acceptors (Lipinski definition) is 4. The molecule has 0 radical (unpaired) electrons. The number of nitrogens with zero attached hydrogens (tertiary/aromatic N) is 4. The predicted molar refractivity (Wildman–Crippen MR) is 86.4 cm³/mol. The summed E-state index contributed by atoms with van der Waals surface area (Å²) in [5, 5.41) is 8.33. The van der Waals surface area contributed by atoms with E-state index in [0.29, 0.717) is 17.3 Å². The molecule has 0 aromatic carbocycles. The van der Waals surface area contributed by atoms with E-state index in [0.717, 1.165) is 18.5 Å². The number of aromatic nitrogens is 3. The molecule has 2 aromatic rings. The topological polar surface area (TPSA) is 76.5 Å². The zero-order chi connectivity index (χ0) is 15.9. The van der Waals surface area contributed by atoms with E-state index in [4.69, 9.17) is 17.3 Å². The lowest BCUT2D eigenvalue weighted by Gasteiger charge is -2.28. The van der Waals surface area contributed by atoms with Crippen LogP contribution in [-0.4, -0.2) is 38.5 Å². The fraction of sp³-hybridized carbons (Fsp3) is 0.400. The van der Waals surface area contributed by atoms with Crippen molar-refractivity contribution in [1.29, 1.82) is 0 Å². The van der Waals surface area contributed by atoms with E-state index < -0.39 is 0 Å². The van der Waals surface area contributed by atoms with Gasteiger partial charge in [0.2, 0.25) is 11.9 Å². The molecule has 7 heteroatoms. The second kappa shape index (κ2) is 5.61. The van der Waals surface area contributed by atoms with Crippen LogP contribution in [0.3, 0.4) is 0 Å². The maximum absolute atomic E-state index is 12.0. The summed E-state index contributed by atoms with van der Waals surface area (Å²) >= 11 is 6.26. The fourth-order valence-corrected chi connectivity index (χ4v) is 2.97. The van der Waals surface area contributed by atoms with E-state index >= 15 is 0 Å². The van der Waals surface area contributed by atoms with Crippen LogP contribution in [0.15, 0.2) is 18.2 Å². The Kier molecular flexibility index (Phi) is 3.78. The highest BCUT2D eigenvalue weighted by Crippen LogP contribution is 2.27. The van der Waals surface area contributed by atoms with Gasteiger partial charge >= 0.3 is 0 Å². The number of carbonyl (C=O) groups excluding carboxylic acids is 1. The maximum Gasteiger partial charge on any atom is 0.227 e. The summed E-state index contributed by atoms with van der Waals surface area (Å²) < 4.78 is 1.60. The van der Waals surface area contributed by atoms with E-state index in [1.54, 1.807) is 4.40 Å². The molecule has 1 aliphatic rings. The highest BCUT2D eigenvalue weighted by atomic mass is 35.5.